The summed E-state index contributed by atoms with van der Waals surface area (Å²) in [5, 5.41) is 0. The van der Waals surface area contributed by atoms with E-state index in [1.807, 2.05) is 0 Å². The minimum Gasteiger partial charge on any atom is -0.685 e. The molecule has 6 heterocycles. The molecule has 0 aromatic rings. The van der Waals surface area contributed by atoms with Gasteiger partial charge in [-0.15, -0.1) is 0 Å². The first kappa shape index (κ1) is 27.5. The second-order valence-electron chi connectivity index (χ2n) is 4.11. The van der Waals surface area contributed by atoms with Gasteiger partial charge in [-0.1, -0.05) is 52.0 Å². The van der Waals surface area contributed by atoms with Gasteiger partial charge in [0.25, 0.3) is 29.9 Å². The van der Waals surface area contributed by atoms with Crippen LogP contribution in [0.2, 0.25) is 0 Å². The largest absolute Gasteiger partial charge is 0.685 e. The molecule has 0 bridgehead atoms. The molecule has 6 aliphatic rings. The fourth-order valence-electron chi connectivity index (χ4n) is 0.424. The summed E-state index contributed by atoms with van der Waals surface area (Å²) in [7, 11) is -14.9. The van der Waals surface area contributed by atoms with Gasteiger partial charge in [0, 0.05) is 167 Å². The molecule has 24 heteroatoms. The molecule has 6 rings (SSSR count). The Morgan fingerprint density at radius 3 is 0.500 bits per heavy atom. The van der Waals surface area contributed by atoms with E-state index in [4.69, 9.17) is 13.7 Å². The summed E-state index contributed by atoms with van der Waals surface area (Å²) in [6.45, 7) is 0. The average molecular weight is 679 g/mol. The molecule has 0 amide bonds. The van der Waals surface area contributed by atoms with Crippen LogP contribution in [0.4, 0.5) is 0 Å². The summed E-state index contributed by atoms with van der Waals surface area (Å²) in [5.74, 6) is 0. The maximum Gasteiger partial charge on any atom is 0.266 e. The molecule has 0 atom stereocenters. The molecule has 6 aliphatic heterocycles. The van der Waals surface area contributed by atoms with E-state index in [1.165, 1.54) is 0 Å². The van der Waals surface area contributed by atoms with Gasteiger partial charge in [0.05, 0.1) is 0 Å². The van der Waals surface area contributed by atoms with Crippen LogP contribution in [0.5, 0.6) is 0 Å². The molecule has 6 saturated heterocycles. The van der Waals surface area contributed by atoms with Gasteiger partial charge in [-0.2, -0.15) is 0 Å². The molecule has 24 heavy (non-hydrogen) atoms. The Morgan fingerprint density at radius 2 is 0.500 bits per heavy atom. The van der Waals surface area contributed by atoms with Crippen LogP contribution >= 0.6 is 29.9 Å². The molecule has 3 radical (unpaired) electrons. The topological polar surface area (TPSA) is 288 Å². The Balaban J connectivity index is 0.000000169. The molecule has 0 aromatic carbocycles. The first-order valence-corrected chi connectivity index (χ1v) is 10.3. The summed E-state index contributed by atoms with van der Waals surface area (Å²) in [6, 6.07) is 0. The molecule has 0 saturated carbocycles. The fraction of sp³-hybridized carbons (Fsp3) is 0. The van der Waals surface area contributed by atoms with Crippen molar-refractivity contribution in [1.29, 1.82) is 0 Å². The Labute approximate surface area is 269 Å². The van der Waals surface area contributed by atoms with Gasteiger partial charge in [-0.3, -0.25) is 0 Å². The van der Waals surface area contributed by atoms with Crippen LogP contribution < -0.4 is 0 Å². The van der Waals surface area contributed by atoms with E-state index in [9.17, 15) is 13.7 Å². The fourth-order valence-corrected chi connectivity index (χ4v) is 3.00. The van der Waals surface area contributed by atoms with Crippen molar-refractivity contribution in [2.24, 2.45) is 0 Å². The summed E-state index contributed by atoms with van der Waals surface area (Å²) in [6.07, 6.45) is 0. The zero-order chi connectivity index (χ0) is 15.7. The average Bonchev–Trinajstić information content (AvgIpc) is 3.12. The van der Waals surface area contributed by atoms with E-state index in [1.54, 1.807) is 0 Å². The van der Waals surface area contributed by atoms with Crippen molar-refractivity contribution in [3.05, 3.63) is 0 Å². The molecule has 135 valence electrons. The van der Waals surface area contributed by atoms with Gasteiger partial charge in [-0.05, 0) is 0 Å². The van der Waals surface area contributed by atoms with Crippen molar-refractivity contribution in [3.63, 3.8) is 0 Å². The Kier molecular flexibility index (Phi) is 6.28. The van der Waals surface area contributed by atoms with Crippen LogP contribution in [-0.2, 0) is 52.0 Å². The zero-order valence-electron chi connectivity index (χ0n) is 11.8. The molecule has 6 N–H and O–H groups in total. The second kappa shape index (κ2) is 5.49. The first-order chi connectivity index (χ1) is 8.91. The Hall–Kier alpha value is 5.43. The Morgan fingerprint density at radius 1 is 0.417 bits per heavy atom. The molecule has 0 aliphatic carbocycles. The van der Waals surface area contributed by atoms with Crippen molar-refractivity contribution in [2.75, 3.05) is 0 Å². The molecule has 0 unspecified atom stereocenters. The van der Waals surface area contributed by atoms with Crippen molar-refractivity contribution < 1.29 is 79.3 Å². The van der Waals surface area contributed by atoms with E-state index < -0.39 is 29.9 Å². The van der Waals surface area contributed by atoms with E-state index in [0.717, 1.165) is 0 Å². The maximum absolute atomic E-state index is 10.4. The quantitative estimate of drug-likeness (QED) is 0.104. The van der Waals surface area contributed by atoms with Crippen LogP contribution in [-0.4, -0.2) is 195 Å². The molecule has 6 fully saturated rings. The van der Waals surface area contributed by atoms with Gasteiger partial charge in [0.2, 0.25) is 0 Å². The summed E-state index contributed by atoms with van der Waals surface area (Å²) < 4.78 is 94.8. The monoisotopic (exact) mass is 679 g/mol. The normalized spacial score (nSPS) is 48.8. The van der Waals surface area contributed by atoms with E-state index in [0.29, 0.717) is 0 Å². The zero-order valence-corrected chi connectivity index (χ0v) is 28.9. The van der Waals surface area contributed by atoms with Crippen LogP contribution in [0, 0.1) is 0 Å². The third-order valence-corrected chi connectivity index (χ3v) is 5.45. The third kappa shape index (κ3) is 5.43. The Bertz CT molecular complexity index is 460. The van der Waals surface area contributed by atoms with Gasteiger partial charge < -0.3 is 27.3 Å². The summed E-state index contributed by atoms with van der Waals surface area (Å²) >= 11 is 0. The maximum atomic E-state index is 10.4. The van der Waals surface area contributed by atoms with Gasteiger partial charge in [0.1, 0.15) is 0 Å². The van der Waals surface area contributed by atoms with Crippen molar-refractivity contribution in [1.82, 2.24) is 0 Å². The molecule has 3 spiro atoms. The molecule has 0 aromatic heterocycles. The van der Waals surface area contributed by atoms with Gasteiger partial charge >= 0.3 is 0 Å². The van der Waals surface area contributed by atoms with Gasteiger partial charge in [0.15, 0.2) is 0 Å². The second-order valence-corrected chi connectivity index (χ2v) is 12.3. The van der Waals surface area contributed by atoms with Crippen LogP contribution in [0.15, 0.2) is 0 Å². The molecular formula is H6Cs2NaO18S3. The van der Waals surface area contributed by atoms with Crippen LogP contribution in [0.3, 0.4) is 0 Å². The summed E-state index contributed by atoms with van der Waals surface area (Å²) in [4.78, 5) is 0. The predicted molar refractivity (Wildman–Crippen MR) is 66.2 cm³/mol. The van der Waals surface area contributed by atoms with Crippen molar-refractivity contribution >= 4 is 197 Å². The van der Waals surface area contributed by atoms with Gasteiger partial charge in [-0.25, -0.2) is 0 Å². The third-order valence-electron chi connectivity index (χ3n) is 1.82. The smallest absolute Gasteiger partial charge is 0.266 e. The van der Waals surface area contributed by atoms with Crippen LogP contribution in [0.25, 0.3) is 0 Å². The van der Waals surface area contributed by atoms with E-state index in [2.05, 4.69) is 52.0 Å². The van der Waals surface area contributed by atoms with Crippen LogP contribution in [0.1, 0.15) is 0 Å². The minimum absolute atomic E-state index is 0. The van der Waals surface area contributed by atoms with E-state index in [-0.39, 0.29) is 167 Å². The first-order valence-electron chi connectivity index (χ1n) is 4.11. The summed E-state index contributed by atoms with van der Waals surface area (Å²) in [5.41, 5.74) is 0. The van der Waals surface area contributed by atoms with Crippen molar-refractivity contribution in [3.8, 4) is 0 Å². The van der Waals surface area contributed by atoms with E-state index >= 15 is 0 Å². The number of hydrogen-bond acceptors (Lipinski definition) is 15. The number of hydrogen-bond donors (Lipinski definition) is 0. The standard InChI is InChI=1S/2Cs.Na.3H2O6S/c;;;3*1-7(2,3-4-7)5-6-7/h;;;3*1-2H. The minimum atomic E-state index is -4.97. The molecular weight excluding hydrogens is 673 g/mol. The molecule has 18 nitrogen and oxygen atoms in total. The van der Waals surface area contributed by atoms with Crippen molar-refractivity contribution in [2.45, 2.75) is 0 Å². The predicted octanol–water partition coefficient (Wildman–Crippen LogP) is -3.49. The SMILES string of the molecule is [Cs].[Cs].[Na].[O-]S12([OH2+])(OO1)OO2.[O-]S12([OH2+])(OO1)OO2.[O-]S12([OH2+])(OO1)OO2. The number of rotatable bonds is 0.